The van der Waals surface area contributed by atoms with Gasteiger partial charge in [0.15, 0.2) is 0 Å². The number of benzene rings is 1. The van der Waals surface area contributed by atoms with Gasteiger partial charge in [-0.15, -0.1) is 0 Å². The van der Waals surface area contributed by atoms with Crippen LogP contribution in [0.5, 0.6) is 0 Å². The summed E-state index contributed by atoms with van der Waals surface area (Å²) in [6, 6.07) is 17.6. The summed E-state index contributed by atoms with van der Waals surface area (Å²) in [5.74, 6) is -0.199. The lowest BCUT2D eigenvalue weighted by atomic mass is 10.2. The van der Waals surface area contributed by atoms with Crippen LogP contribution in [0, 0.1) is 0 Å². The van der Waals surface area contributed by atoms with Gasteiger partial charge < -0.3 is 10.2 Å². The van der Waals surface area contributed by atoms with Crippen LogP contribution in [-0.4, -0.2) is 22.4 Å². The van der Waals surface area contributed by atoms with E-state index < -0.39 is 0 Å². The Balaban J connectivity index is 1.75. The molecule has 0 unspecified atom stereocenters. The SMILES string of the molecule is CCN(c1ccccc1)c1ccnc(C(=O)NCc2cccnc2)c1. The summed E-state index contributed by atoms with van der Waals surface area (Å²) in [6.07, 6.45) is 5.11. The van der Waals surface area contributed by atoms with Crippen molar-refractivity contribution in [2.75, 3.05) is 11.4 Å². The molecule has 0 aliphatic rings. The van der Waals surface area contributed by atoms with Crippen LogP contribution in [0.3, 0.4) is 0 Å². The summed E-state index contributed by atoms with van der Waals surface area (Å²) in [5, 5.41) is 2.88. The molecule has 2 aromatic heterocycles. The second kappa shape index (κ2) is 8.06. The van der Waals surface area contributed by atoms with Gasteiger partial charge in [-0.3, -0.25) is 14.8 Å². The lowest BCUT2D eigenvalue weighted by molar-refractivity contribution is 0.0946. The molecular weight excluding hydrogens is 312 g/mol. The minimum atomic E-state index is -0.199. The molecule has 0 aliphatic heterocycles. The molecule has 5 heteroatoms. The minimum absolute atomic E-state index is 0.199. The van der Waals surface area contributed by atoms with Gasteiger partial charge in [-0.1, -0.05) is 24.3 Å². The van der Waals surface area contributed by atoms with Gasteiger partial charge in [-0.2, -0.15) is 0 Å². The van der Waals surface area contributed by atoms with Crippen LogP contribution in [0.4, 0.5) is 11.4 Å². The van der Waals surface area contributed by atoms with E-state index in [4.69, 9.17) is 0 Å². The molecule has 0 saturated carbocycles. The van der Waals surface area contributed by atoms with Crippen LogP contribution < -0.4 is 10.2 Å². The lowest BCUT2D eigenvalue weighted by Gasteiger charge is -2.23. The molecule has 0 atom stereocenters. The maximum atomic E-state index is 12.4. The van der Waals surface area contributed by atoms with E-state index >= 15 is 0 Å². The van der Waals surface area contributed by atoms with Crippen molar-refractivity contribution < 1.29 is 4.79 Å². The fourth-order valence-electron chi connectivity index (χ4n) is 2.61. The number of hydrogen-bond donors (Lipinski definition) is 1. The van der Waals surface area contributed by atoms with Crippen LogP contribution in [-0.2, 0) is 6.54 Å². The third-order valence-electron chi connectivity index (χ3n) is 3.85. The van der Waals surface area contributed by atoms with E-state index in [0.717, 1.165) is 23.5 Å². The first kappa shape index (κ1) is 16.6. The number of anilines is 2. The highest BCUT2D eigenvalue weighted by Crippen LogP contribution is 2.24. The van der Waals surface area contributed by atoms with Crippen molar-refractivity contribution >= 4 is 17.3 Å². The first-order valence-electron chi connectivity index (χ1n) is 8.23. The van der Waals surface area contributed by atoms with Crippen molar-refractivity contribution in [1.29, 1.82) is 0 Å². The predicted molar refractivity (Wildman–Crippen MR) is 98.8 cm³/mol. The van der Waals surface area contributed by atoms with Crippen molar-refractivity contribution in [2.45, 2.75) is 13.5 Å². The number of carbonyl (C=O) groups is 1. The molecule has 1 N–H and O–H groups in total. The molecule has 1 amide bonds. The summed E-state index contributed by atoms with van der Waals surface area (Å²) >= 11 is 0. The van der Waals surface area contributed by atoms with E-state index in [1.54, 1.807) is 18.6 Å². The normalized spacial score (nSPS) is 10.3. The molecule has 0 aliphatic carbocycles. The van der Waals surface area contributed by atoms with Gasteiger partial charge in [0, 0.05) is 43.1 Å². The van der Waals surface area contributed by atoms with E-state index in [1.165, 1.54) is 0 Å². The smallest absolute Gasteiger partial charge is 0.270 e. The maximum Gasteiger partial charge on any atom is 0.270 e. The fourth-order valence-corrected chi connectivity index (χ4v) is 2.61. The quantitative estimate of drug-likeness (QED) is 0.750. The number of amides is 1. The number of aromatic nitrogens is 2. The molecule has 25 heavy (non-hydrogen) atoms. The standard InChI is InChI=1S/C20H20N4O/c1-2-24(17-8-4-3-5-9-17)18-10-12-22-19(13-18)20(25)23-15-16-7-6-11-21-14-16/h3-14H,2,15H2,1H3,(H,23,25). The summed E-state index contributed by atoms with van der Waals surface area (Å²) in [6.45, 7) is 3.30. The highest BCUT2D eigenvalue weighted by atomic mass is 16.1. The molecule has 0 bridgehead atoms. The summed E-state index contributed by atoms with van der Waals surface area (Å²) in [4.78, 5) is 22.8. The zero-order valence-electron chi connectivity index (χ0n) is 14.1. The van der Waals surface area contributed by atoms with Gasteiger partial charge in [-0.05, 0) is 42.8 Å². The number of rotatable bonds is 6. The van der Waals surface area contributed by atoms with Crippen molar-refractivity contribution in [3.05, 3.63) is 84.4 Å². The largest absolute Gasteiger partial charge is 0.347 e. The van der Waals surface area contributed by atoms with Crippen molar-refractivity contribution in [3.8, 4) is 0 Å². The van der Waals surface area contributed by atoms with Crippen LogP contribution in [0.15, 0.2) is 73.2 Å². The number of para-hydroxylation sites is 1. The lowest BCUT2D eigenvalue weighted by Crippen LogP contribution is -2.24. The Morgan fingerprint density at radius 1 is 1.04 bits per heavy atom. The molecule has 0 fully saturated rings. The highest BCUT2D eigenvalue weighted by molar-refractivity contribution is 5.93. The Kier molecular flexibility index (Phi) is 5.36. The molecule has 0 spiro atoms. The van der Waals surface area contributed by atoms with Crippen LogP contribution in [0.2, 0.25) is 0 Å². The molecule has 1 aromatic carbocycles. The summed E-state index contributed by atoms with van der Waals surface area (Å²) < 4.78 is 0. The Labute approximate surface area is 147 Å². The van der Waals surface area contributed by atoms with E-state index in [2.05, 4.69) is 27.1 Å². The Morgan fingerprint density at radius 3 is 2.60 bits per heavy atom. The number of carbonyl (C=O) groups excluding carboxylic acids is 1. The first-order chi connectivity index (χ1) is 12.3. The van der Waals surface area contributed by atoms with Gasteiger partial charge in [-0.25, -0.2) is 0 Å². The van der Waals surface area contributed by atoms with Crippen LogP contribution >= 0.6 is 0 Å². The summed E-state index contributed by atoms with van der Waals surface area (Å²) in [7, 11) is 0. The zero-order chi connectivity index (χ0) is 17.5. The Bertz CT molecular complexity index is 821. The van der Waals surface area contributed by atoms with E-state index in [-0.39, 0.29) is 5.91 Å². The predicted octanol–water partition coefficient (Wildman–Crippen LogP) is 3.56. The minimum Gasteiger partial charge on any atom is -0.347 e. The van der Waals surface area contributed by atoms with Crippen molar-refractivity contribution in [1.82, 2.24) is 15.3 Å². The molecular formula is C20H20N4O. The number of hydrogen-bond acceptors (Lipinski definition) is 4. The molecule has 0 radical (unpaired) electrons. The van der Waals surface area contributed by atoms with Crippen LogP contribution in [0.25, 0.3) is 0 Å². The number of nitrogens with one attached hydrogen (secondary N) is 1. The van der Waals surface area contributed by atoms with E-state index in [9.17, 15) is 4.79 Å². The second-order valence-electron chi connectivity index (χ2n) is 5.52. The third-order valence-corrected chi connectivity index (χ3v) is 3.85. The Hall–Kier alpha value is -3.21. The summed E-state index contributed by atoms with van der Waals surface area (Å²) in [5.41, 5.74) is 3.37. The average Bonchev–Trinajstić information content (AvgIpc) is 2.69. The van der Waals surface area contributed by atoms with Gasteiger partial charge in [0.25, 0.3) is 5.91 Å². The molecule has 2 heterocycles. The van der Waals surface area contributed by atoms with Gasteiger partial charge in [0.2, 0.25) is 0 Å². The van der Waals surface area contributed by atoms with Crippen LogP contribution in [0.1, 0.15) is 23.0 Å². The fraction of sp³-hybridized carbons (Fsp3) is 0.150. The molecule has 3 rings (SSSR count). The average molecular weight is 332 g/mol. The van der Waals surface area contributed by atoms with E-state index in [1.807, 2.05) is 54.6 Å². The molecule has 3 aromatic rings. The van der Waals surface area contributed by atoms with Gasteiger partial charge in [0.05, 0.1) is 0 Å². The number of nitrogens with zero attached hydrogens (tertiary/aromatic N) is 3. The Morgan fingerprint density at radius 2 is 1.88 bits per heavy atom. The number of pyridine rings is 2. The highest BCUT2D eigenvalue weighted by Gasteiger charge is 2.12. The molecule has 5 nitrogen and oxygen atoms in total. The maximum absolute atomic E-state index is 12.4. The zero-order valence-corrected chi connectivity index (χ0v) is 14.1. The van der Waals surface area contributed by atoms with Gasteiger partial charge in [0.1, 0.15) is 5.69 Å². The first-order valence-corrected chi connectivity index (χ1v) is 8.23. The molecule has 0 saturated heterocycles. The monoisotopic (exact) mass is 332 g/mol. The van der Waals surface area contributed by atoms with Crippen molar-refractivity contribution in [3.63, 3.8) is 0 Å². The van der Waals surface area contributed by atoms with E-state index in [0.29, 0.717) is 12.2 Å². The second-order valence-corrected chi connectivity index (χ2v) is 5.52. The van der Waals surface area contributed by atoms with Gasteiger partial charge >= 0.3 is 0 Å². The molecule has 126 valence electrons. The van der Waals surface area contributed by atoms with Crippen molar-refractivity contribution in [2.24, 2.45) is 0 Å². The topological polar surface area (TPSA) is 58.1 Å². The third kappa shape index (κ3) is 4.20.